The van der Waals surface area contributed by atoms with Crippen LogP contribution >= 0.6 is 0 Å². The fourth-order valence-electron chi connectivity index (χ4n) is 5.88. The Kier molecular flexibility index (Phi) is 7.30. The Morgan fingerprint density at radius 2 is 1.79 bits per heavy atom. The van der Waals surface area contributed by atoms with Crippen molar-refractivity contribution in [2.75, 3.05) is 39.8 Å². The lowest BCUT2D eigenvalue weighted by Crippen LogP contribution is -2.53. The summed E-state index contributed by atoms with van der Waals surface area (Å²) >= 11 is 0. The molecule has 1 aliphatic carbocycles. The van der Waals surface area contributed by atoms with Crippen molar-refractivity contribution in [3.8, 4) is 5.69 Å². The van der Waals surface area contributed by atoms with Crippen LogP contribution in [0.15, 0.2) is 65.2 Å². The number of likely N-dealkylation sites (N-methyl/N-ethyl adjacent to an activating group) is 1. The Morgan fingerprint density at radius 3 is 2.44 bits per heavy atom. The van der Waals surface area contributed by atoms with Gasteiger partial charge in [-0.1, -0.05) is 38.5 Å². The third-order valence-electron chi connectivity index (χ3n) is 8.00. The Hall–Kier alpha value is -2.85. The number of benzene rings is 2. The molecule has 1 atom stereocenters. The second-order valence-electron chi connectivity index (χ2n) is 11.9. The van der Waals surface area contributed by atoms with Crippen LogP contribution in [0.3, 0.4) is 0 Å². The minimum atomic E-state index is -3.70. The van der Waals surface area contributed by atoms with E-state index in [0.29, 0.717) is 43.9 Å². The maximum atomic E-state index is 13.8. The first-order chi connectivity index (χ1) is 18.4. The molecule has 0 radical (unpaired) electrons. The molecule has 1 fully saturated rings. The van der Waals surface area contributed by atoms with Crippen molar-refractivity contribution in [3.63, 3.8) is 0 Å². The molecule has 2 aromatic carbocycles. The Balaban J connectivity index is 1.50. The smallest absolute Gasteiger partial charge is 0.243 e. The first-order valence-corrected chi connectivity index (χ1v) is 14.8. The number of sulfonamides is 1. The monoisotopic (exact) mass is 552 g/mol. The van der Waals surface area contributed by atoms with Crippen LogP contribution in [-0.4, -0.2) is 72.3 Å². The van der Waals surface area contributed by atoms with Gasteiger partial charge in [-0.2, -0.15) is 9.40 Å². The van der Waals surface area contributed by atoms with Gasteiger partial charge in [-0.3, -0.25) is 0 Å². The van der Waals surface area contributed by atoms with E-state index >= 15 is 0 Å². The minimum absolute atomic E-state index is 0.0293. The average Bonchev–Trinajstić information content (AvgIpc) is 3.29. The second-order valence-corrected chi connectivity index (χ2v) is 13.8. The normalized spacial score (nSPS) is 20.0. The third-order valence-corrected chi connectivity index (χ3v) is 9.86. The highest BCUT2D eigenvalue weighted by Gasteiger charge is 2.46. The first kappa shape index (κ1) is 27.7. The van der Waals surface area contributed by atoms with Crippen LogP contribution in [0, 0.1) is 11.2 Å². The molecule has 0 amide bonds. The molecule has 2 heterocycles. The van der Waals surface area contributed by atoms with Crippen molar-refractivity contribution >= 4 is 16.1 Å². The quantitative estimate of drug-likeness (QED) is 0.474. The number of nitrogens with zero attached hydrogens (tertiary/aromatic N) is 4. The van der Waals surface area contributed by atoms with E-state index < -0.39 is 15.4 Å². The van der Waals surface area contributed by atoms with Crippen LogP contribution in [-0.2, 0) is 21.9 Å². The number of hydrogen-bond acceptors (Lipinski definition) is 5. The van der Waals surface area contributed by atoms with E-state index in [1.54, 1.807) is 28.6 Å². The van der Waals surface area contributed by atoms with Gasteiger partial charge in [0.05, 0.1) is 29.1 Å². The maximum absolute atomic E-state index is 13.8. The van der Waals surface area contributed by atoms with E-state index in [4.69, 9.17) is 0 Å². The highest BCUT2D eigenvalue weighted by atomic mass is 32.2. The molecule has 39 heavy (non-hydrogen) atoms. The maximum Gasteiger partial charge on any atom is 0.243 e. The Morgan fingerprint density at radius 1 is 1.10 bits per heavy atom. The average molecular weight is 553 g/mol. The predicted octanol–water partition coefficient (Wildman–Crippen LogP) is 4.25. The number of piperidine rings is 1. The topological polar surface area (TPSA) is 78.7 Å². The van der Waals surface area contributed by atoms with E-state index in [9.17, 15) is 17.9 Å². The summed E-state index contributed by atoms with van der Waals surface area (Å²) in [7, 11) is -1.74. The summed E-state index contributed by atoms with van der Waals surface area (Å²) in [5.74, 6) is -0.300. The Labute approximate surface area is 230 Å². The first-order valence-electron chi connectivity index (χ1n) is 13.4. The lowest BCUT2D eigenvalue weighted by molar-refractivity contribution is 0.130. The summed E-state index contributed by atoms with van der Waals surface area (Å²) in [6.45, 7) is 8.19. The molecule has 1 N–H and O–H groups in total. The van der Waals surface area contributed by atoms with Crippen molar-refractivity contribution in [3.05, 3.63) is 82.9 Å². The van der Waals surface area contributed by atoms with Gasteiger partial charge < -0.3 is 10.0 Å². The van der Waals surface area contributed by atoms with Crippen LogP contribution in [0.5, 0.6) is 0 Å². The Bertz CT molecular complexity index is 1470. The van der Waals surface area contributed by atoms with E-state index in [0.717, 1.165) is 22.5 Å². The van der Waals surface area contributed by atoms with E-state index in [1.807, 2.05) is 30.1 Å². The van der Waals surface area contributed by atoms with E-state index in [1.165, 1.54) is 17.7 Å². The van der Waals surface area contributed by atoms with Gasteiger partial charge in [0.15, 0.2) is 0 Å². The van der Waals surface area contributed by atoms with Gasteiger partial charge in [0.2, 0.25) is 10.0 Å². The summed E-state index contributed by atoms with van der Waals surface area (Å²) in [6, 6.07) is 13.5. The van der Waals surface area contributed by atoms with Crippen molar-refractivity contribution in [2.24, 2.45) is 5.41 Å². The van der Waals surface area contributed by atoms with E-state index in [-0.39, 0.29) is 17.8 Å². The SMILES string of the molecule is CN(CCO)CC12Cc3cnn(-c4ccc(F)cc4)c3C=C1CCN(S(=O)(=O)c1ccc(C(C)(C)C)cc1)C2. The molecule has 5 rings (SSSR count). The zero-order valence-electron chi connectivity index (χ0n) is 23.1. The lowest BCUT2D eigenvalue weighted by Gasteiger charge is -2.47. The van der Waals surface area contributed by atoms with Crippen molar-refractivity contribution < 1.29 is 17.9 Å². The molecule has 2 aliphatic rings. The molecule has 1 aromatic heterocycles. The number of halogens is 1. The molecule has 0 bridgehead atoms. The third kappa shape index (κ3) is 5.33. The molecule has 7 nitrogen and oxygen atoms in total. The van der Waals surface area contributed by atoms with Crippen LogP contribution in [0.1, 0.15) is 44.0 Å². The fraction of sp³-hybridized carbons (Fsp3) is 0.433. The fourth-order valence-corrected chi connectivity index (χ4v) is 7.40. The predicted molar refractivity (Wildman–Crippen MR) is 151 cm³/mol. The number of aromatic nitrogens is 2. The van der Waals surface area contributed by atoms with E-state index in [2.05, 4.69) is 36.8 Å². The van der Waals surface area contributed by atoms with Crippen molar-refractivity contribution in [2.45, 2.75) is 43.9 Å². The van der Waals surface area contributed by atoms with Crippen molar-refractivity contribution in [1.29, 1.82) is 0 Å². The zero-order valence-corrected chi connectivity index (χ0v) is 23.9. The van der Waals surface area contributed by atoms with Gasteiger partial charge in [0, 0.05) is 31.6 Å². The number of aliphatic hydroxyl groups excluding tert-OH is 1. The molecule has 208 valence electrons. The second kappa shape index (κ2) is 10.3. The molecule has 1 saturated heterocycles. The summed E-state index contributed by atoms with van der Waals surface area (Å²) in [5, 5.41) is 14.2. The molecule has 3 aromatic rings. The lowest BCUT2D eigenvalue weighted by atomic mass is 9.68. The van der Waals surface area contributed by atoms with Crippen molar-refractivity contribution in [1.82, 2.24) is 19.0 Å². The van der Waals surface area contributed by atoms with Gasteiger partial charge >= 0.3 is 0 Å². The summed E-state index contributed by atoms with van der Waals surface area (Å²) in [5.41, 5.74) is 4.50. The summed E-state index contributed by atoms with van der Waals surface area (Å²) in [6.07, 6.45) is 5.20. The molecule has 0 spiro atoms. The largest absolute Gasteiger partial charge is 0.395 e. The summed E-state index contributed by atoms with van der Waals surface area (Å²) < 4.78 is 44.7. The molecule has 0 saturated carbocycles. The zero-order chi connectivity index (χ0) is 28.0. The van der Waals surface area contributed by atoms with Crippen LogP contribution in [0.4, 0.5) is 4.39 Å². The van der Waals surface area contributed by atoms with Gasteiger partial charge in [-0.25, -0.2) is 17.5 Å². The number of fused-ring (bicyclic) bond motifs is 2. The number of hydrogen-bond donors (Lipinski definition) is 1. The molecule has 9 heteroatoms. The summed E-state index contributed by atoms with van der Waals surface area (Å²) in [4.78, 5) is 2.37. The van der Waals surface area contributed by atoms with Gasteiger partial charge in [0.1, 0.15) is 5.82 Å². The van der Waals surface area contributed by atoms with Gasteiger partial charge in [0.25, 0.3) is 0 Å². The minimum Gasteiger partial charge on any atom is -0.395 e. The van der Waals surface area contributed by atoms with Crippen LogP contribution in [0.2, 0.25) is 0 Å². The molecule has 1 unspecified atom stereocenters. The highest BCUT2D eigenvalue weighted by molar-refractivity contribution is 7.89. The van der Waals surface area contributed by atoms with Gasteiger partial charge in [-0.15, -0.1) is 0 Å². The van der Waals surface area contributed by atoms with Crippen LogP contribution < -0.4 is 0 Å². The van der Waals surface area contributed by atoms with Gasteiger partial charge in [-0.05, 0) is 78.9 Å². The highest BCUT2D eigenvalue weighted by Crippen LogP contribution is 2.46. The molecule has 1 aliphatic heterocycles. The molecular weight excluding hydrogens is 515 g/mol. The number of rotatable bonds is 7. The number of aliphatic hydroxyl groups is 1. The van der Waals surface area contributed by atoms with Crippen LogP contribution in [0.25, 0.3) is 11.8 Å². The molecular formula is C30H37FN4O3S. The standard InChI is InChI=1S/C30H37FN4O3S/c1-29(2,3)23-5-11-27(12-6-23)39(37,38)34-14-13-24-17-28-22(18-30(24,21-34)20-33(4)15-16-36)19-32-35(28)26-9-7-25(31)8-10-26/h5-12,17,19,36H,13-16,18,20-21H2,1-4H3.